The number of benzene rings is 2. The second-order valence-corrected chi connectivity index (χ2v) is 10.0. The van der Waals surface area contributed by atoms with Crippen LogP contribution in [0.3, 0.4) is 0 Å². The standard InChI is InChI=1S/C28H40N2O2/c1-8-25(27(32)29-20(2)3)30(19-23-11-9-10-21(4)18-23)26(31)17-14-22-12-15-24(16-13-22)28(5,6)7/h9-13,15-16,18,20,25H,8,14,17,19H2,1-7H3,(H,29,32)/t25-/m0/s1. The van der Waals surface area contributed by atoms with Gasteiger partial charge in [-0.25, -0.2) is 0 Å². The maximum atomic E-state index is 13.4. The van der Waals surface area contributed by atoms with Crippen LogP contribution in [0.25, 0.3) is 0 Å². The minimum atomic E-state index is -0.478. The molecule has 0 aliphatic rings. The van der Waals surface area contributed by atoms with Gasteiger partial charge in [-0.2, -0.15) is 0 Å². The van der Waals surface area contributed by atoms with Crippen molar-refractivity contribution in [1.82, 2.24) is 10.2 Å². The van der Waals surface area contributed by atoms with Crippen LogP contribution in [0.4, 0.5) is 0 Å². The van der Waals surface area contributed by atoms with Crippen molar-refractivity contribution >= 4 is 11.8 Å². The molecule has 0 fully saturated rings. The lowest BCUT2D eigenvalue weighted by Crippen LogP contribution is -2.50. The monoisotopic (exact) mass is 436 g/mol. The highest BCUT2D eigenvalue weighted by Gasteiger charge is 2.28. The summed E-state index contributed by atoms with van der Waals surface area (Å²) >= 11 is 0. The van der Waals surface area contributed by atoms with Gasteiger partial charge in [0.25, 0.3) is 0 Å². The van der Waals surface area contributed by atoms with Crippen molar-refractivity contribution in [3.8, 4) is 0 Å². The highest BCUT2D eigenvalue weighted by Crippen LogP contribution is 2.23. The van der Waals surface area contributed by atoms with E-state index in [4.69, 9.17) is 0 Å². The van der Waals surface area contributed by atoms with E-state index >= 15 is 0 Å². The van der Waals surface area contributed by atoms with Crippen molar-refractivity contribution < 1.29 is 9.59 Å². The van der Waals surface area contributed by atoms with E-state index in [-0.39, 0.29) is 23.3 Å². The molecule has 0 saturated heterocycles. The number of amides is 2. The van der Waals surface area contributed by atoms with E-state index in [2.05, 4.69) is 56.4 Å². The average molecular weight is 437 g/mol. The van der Waals surface area contributed by atoms with Crippen molar-refractivity contribution in [3.05, 3.63) is 70.8 Å². The molecule has 0 radical (unpaired) electrons. The minimum Gasteiger partial charge on any atom is -0.352 e. The Kier molecular flexibility index (Phi) is 9.06. The van der Waals surface area contributed by atoms with Crippen molar-refractivity contribution in [2.75, 3.05) is 0 Å². The van der Waals surface area contributed by atoms with Gasteiger partial charge >= 0.3 is 0 Å². The van der Waals surface area contributed by atoms with Gasteiger partial charge in [-0.05, 0) is 55.7 Å². The lowest BCUT2D eigenvalue weighted by molar-refractivity contribution is -0.141. The Morgan fingerprint density at radius 1 is 1.00 bits per heavy atom. The van der Waals surface area contributed by atoms with E-state index in [0.29, 0.717) is 25.8 Å². The number of hydrogen-bond donors (Lipinski definition) is 1. The summed E-state index contributed by atoms with van der Waals surface area (Å²) in [6.45, 7) is 14.9. The molecule has 0 aliphatic carbocycles. The number of aryl methyl sites for hydroxylation is 2. The Hall–Kier alpha value is -2.62. The van der Waals surface area contributed by atoms with E-state index in [9.17, 15) is 9.59 Å². The molecule has 2 amide bonds. The van der Waals surface area contributed by atoms with Crippen molar-refractivity contribution in [1.29, 1.82) is 0 Å². The summed E-state index contributed by atoms with van der Waals surface area (Å²) in [5.41, 5.74) is 4.72. The Labute approximate surface area is 194 Å². The molecule has 0 bridgehead atoms. The molecule has 4 nitrogen and oxygen atoms in total. The van der Waals surface area contributed by atoms with Crippen LogP contribution in [0, 0.1) is 6.92 Å². The molecule has 2 rings (SSSR count). The topological polar surface area (TPSA) is 49.4 Å². The van der Waals surface area contributed by atoms with Crippen molar-refractivity contribution in [2.24, 2.45) is 0 Å². The van der Waals surface area contributed by atoms with Crippen molar-refractivity contribution in [2.45, 2.75) is 91.8 Å². The summed E-state index contributed by atoms with van der Waals surface area (Å²) in [5, 5.41) is 2.99. The highest BCUT2D eigenvalue weighted by atomic mass is 16.2. The quantitative estimate of drug-likeness (QED) is 0.560. The molecule has 0 heterocycles. The molecule has 2 aromatic rings. The minimum absolute atomic E-state index is 0.0113. The summed E-state index contributed by atoms with van der Waals surface area (Å²) in [6, 6.07) is 16.2. The molecule has 1 atom stereocenters. The molecule has 2 aromatic carbocycles. The largest absolute Gasteiger partial charge is 0.352 e. The van der Waals surface area contributed by atoms with Gasteiger partial charge in [0.05, 0.1) is 0 Å². The summed E-state index contributed by atoms with van der Waals surface area (Å²) < 4.78 is 0. The molecule has 0 aliphatic heterocycles. The number of nitrogens with one attached hydrogen (secondary N) is 1. The van der Waals surface area contributed by atoms with Gasteiger partial charge in [-0.15, -0.1) is 0 Å². The predicted octanol–water partition coefficient (Wildman–Crippen LogP) is 5.56. The van der Waals surface area contributed by atoms with Crippen LogP contribution in [-0.4, -0.2) is 28.8 Å². The van der Waals surface area contributed by atoms with Crippen LogP contribution in [0.1, 0.15) is 76.6 Å². The molecule has 32 heavy (non-hydrogen) atoms. The van der Waals surface area contributed by atoms with Gasteiger partial charge in [-0.3, -0.25) is 9.59 Å². The fraction of sp³-hybridized carbons (Fsp3) is 0.500. The maximum absolute atomic E-state index is 13.4. The van der Waals surface area contributed by atoms with Gasteiger partial charge in [-0.1, -0.05) is 81.8 Å². The summed E-state index contributed by atoms with van der Waals surface area (Å²) in [4.78, 5) is 28.0. The first-order valence-corrected chi connectivity index (χ1v) is 11.8. The average Bonchev–Trinajstić information content (AvgIpc) is 2.71. The second kappa shape index (κ2) is 11.3. The number of carbonyl (C=O) groups excluding carboxylic acids is 2. The molecule has 0 spiro atoms. The Morgan fingerprint density at radius 3 is 2.19 bits per heavy atom. The molecule has 0 saturated carbocycles. The van der Waals surface area contributed by atoms with Crippen LogP contribution >= 0.6 is 0 Å². The van der Waals surface area contributed by atoms with E-state index in [1.165, 1.54) is 5.56 Å². The van der Waals surface area contributed by atoms with Crippen LogP contribution in [0.5, 0.6) is 0 Å². The van der Waals surface area contributed by atoms with E-state index in [0.717, 1.165) is 16.7 Å². The molecular formula is C28H40N2O2. The zero-order valence-electron chi connectivity index (χ0n) is 20.9. The van der Waals surface area contributed by atoms with Gasteiger partial charge in [0, 0.05) is 19.0 Å². The molecular weight excluding hydrogens is 396 g/mol. The SMILES string of the molecule is CC[C@@H](C(=O)NC(C)C)N(Cc1cccc(C)c1)C(=O)CCc1ccc(C(C)(C)C)cc1. The lowest BCUT2D eigenvalue weighted by atomic mass is 9.86. The molecule has 0 aromatic heterocycles. The maximum Gasteiger partial charge on any atom is 0.243 e. The Balaban J connectivity index is 2.19. The van der Waals surface area contributed by atoms with Crippen LogP contribution in [0.15, 0.2) is 48.5 Å². The Bertz CT molecular complexity index is 894. The van der Waals surface area contributed by atoms with E-state index in [1.807, 2.05) is 45.9 Å². The number of rotatable bonds is 9. The first-order chi connectivity index (χ1) is 15.0. The first kappa shape index (κ1) is 25.6. The van der Waals surface area contributed by atoms with E-state index in [1.54, 1.807) is 4.90 Å². The molecule has 0 unspecified atom stereocenters. The zero-order chi connectivity index (χ0) is 23.9. The van der Waals surface area contributed by atoms with E-state index < -0.39 is 6.04 Å². The number of hydrogen-bond acceptors (Lipinski definition) is 2. The highest BCUT2D eigenvalue weighted by molar-refractivity contribution is 5.87. The van der Waals surface area contributed by atoms with Gasteiger partial charge < -0.3 is 10.2 Å². The smallest absolute Gasteiger partial charge is 0.243 e. The second-order valence-electron chi connectivity index (χ2n) is 10.0. The lowest BCUT2D eigenvalue weighted by Gasteiger charge is -2.31. The Morgan fingerprint density at radius 2 is 1.66 bits per heavy atom. The fourth-order valence-electron chi connectivity index (χ4n) is 3.87. The third-order valence-electron chi connectivity index (χ3n) is 5.70. The van der Waals surface area contributed by atoms with Gasteiger partial charge in [0.1, 0.15) is 6.04 Å². The number of nitrogens with zero attached hydrogens (tertiary/aromatic N) is 1. The van der Waals surface area contributed by atoms with Crippen LogP contribution in [0.2, 0.25) is 0 Å². The van der Waals surface area contributed by atoms with Crippen LogP contribution < -0.4 is 5.32 Å². The zero-order valence-corrected chi connectivity index (χ0v) is 20.9. The first-order valence-electron chi connectivity index (χ1n) is 11.8. The van der Waals surface area contributed by atoms with Crippen molar-refractivity contribution in [3.63, 3.8) is 0 Å². The summed E-state index contributed by atoms with van der Waals surface area (Å²) in [5.74, 6) is -0.0739. The molecule has 1 N–H and O–H groups in total. The molecule has 174 valence electrons. The number of carbonyl (C=O) groups is 2. The molecule has 4 heteroatoms. The third-order valence-corrected chi connectivity index (χ3v) is 5.70. The normalized spacial score (nSPS) is 12.5. The third kappa shape index (κ3) is 7.51. The summed E-state index contributed by atoms with van der Waals surface area (Å²) in [7, 11) is 0. The fourth-order valence-corrected chi connectivity index (χ4v) is 3.87. The van der Waals surface area contributed by atoms with Crippen LogP contribution in [-0.2, 0) is 28.0 Å². The van der Waals surface area contributed by atoms with Gasteiger partial charge in [0.2, 0.25) is 11.8 Å². The summed E-state index contributed by atoms with van der Waals surface area (Å²) in [6.07, 6.45) is 1.62. The predicted molar refractivity (Wildman–Crippen MR) is 133 cm³/mol. The van der Waals surface area contributed by atoms with Gasteiger partial charge in [0.15, 0.2) is 0 Å².